The minimum atomic E-state index is -0.791. The molecule has 19 heavy (non-hydrogen) atoms. The number of hydrogen-bond acceptors (Lipinski definition) is 5. The van der Waals surface area contributed by atoms with E-state index in [-0.39, 0.29) is 18.1 Å². The van der Waals surface area contributed by atoms with Crippen LogP contribution in [0.1, 0.15) is 33.6 Å². The number of amides is 1. The van der Waals surface area contributed by atoms with Crippen LogP contribution in [-0.2, 0) is 9.63 Å². The molecule has 1 amide bonds. The molecule has 1 aliphatic rings. The van der Waals surface area contributed by atoms with Crippen molar-refractivity contribution in [3.63, 3.8) is 0 Å². The molecule has 7 nitrogen and oxygen atoms in total. The molecule has 0 bridgehead atoms. The SMILES string of the molecule is CC(C)(C)CCC(=O)N1CCN(CO[N+](=O)[O-])CC1. The third-order valence-corrected chi connectivity index (χ3v) is 3.16. The van der Waals surface area contributed by atoms with Gasteiger partial charge in [0.15, 0.2) is 0 Å². The van der Waals surface area contributed by atoms with Crippen molar-refractivity contribution in [3.8, 4) is 0 Å². The fourth-order valence-electron chi connectivity index (χ4n) is 1.90. The predicted molar refractivity (Wildman–Crippen MR) is 69.8 cm³/mol. The Hall–Kier alpha value is -1.37. The molecule has 0 unspecified atom stereocenters. The first-order valence-electron chi connectivity index (χ1n) is 6.55. The lowest BCUT2D eigenvalue weighted by atomic mass is 9.90. The summed E-state index contributed by atoms with van der Waals surface area (Å²) in [5, 5.41) is 9.29. The summed E-state index contributed by atoms with van der Waals surface area (Å²) in [5.41, 5.74) is 0.164. The average Bonchev–Trinajstić information content (AvgIpc) is 2.33. The lowest BCUT2D eigenvalue weighted by Crippen LogP contribution is -2.49. The molecule has 0 spiro atoms. The van der Waals surface area contributed by atoms with Crippen LogP contribution in [0.2, 0.25) is 0 Å². The van der Waals surface area contributed by atoms with Crippen LogP contribution in [-0.4, -0.2) is 53.7 Å². The molecule has 0 N–H and O–H groups in total. The maximum Gasteiger partial charge on any atom is 0.295 e. The highest BCUT2D eigenvalue weighted by Crippen LogP contribution is 2.21. The van der Waals surface area contributed by atoms with Gasteiger partial charge in [0, 0.05) is 32.6 Å². The minimum Gasteiger partial charge on any atom is -0.340 e. The third-order valence-electron chi connectivity index (χ3n) is 3.16. The molecule has 110 valence electrons. The van der Waals surface area contributed by atoms with Crippen molar-refractivity contribution >= 4 is 5.91 Å². The third kappa shape index (κ3) is 6.37. The van der Waals surface area contributed by atoms with Crippen LogP contribution in [0.4, 0.5) is 0 Å². The number of hydrogen-bond donors (Lipinski definition) is 0. The van der Waals surface area contributed by atoms with Crippen molar-refractivity contribution < 1.29 is 14.7 Å². The van der Waals surface area contributed by atoms with E-state index in [1.807, 2.05) is 9.80 Å². The molecule has 0 aromatic rings. The van der Waals surface area contributed by atoms with E-state index in [0.29, 0.717) is 32.6 Å². The number of carbonyl (C=O) groups excluding carboxylic acids is 1. The maximum atomic E-state index is 12.0. The van der Waals surface area contributed by atoms with Crippen molar-refractivity contribution in [2.75, 3.05) is 32.9 Å². The molecular formula is C12H23N3O4. The van der Waals surface area contributed by atoms with Gasteiger partial charge in [0.2, 0.25) is 5.91 Å². The zero-order valence-electron chi connectivity index (χ0n) is 11.9. The summed E-state index contributed by atoms with van der Waals surface area (Å²) < 4.78 is 0. The topological polar surface area (TPSA) is 75.9 Å². The second-order valence-corrected chi connectivity index (χ2v) is 6.04. The van der Waals surface area contributed by atoms with E-state index in [9.17, 15) is 14.9 Å². The maximum absolute atomic E-state index is 12.0. The zero-order chi connectivity index (χ0) is 14.5. The number of carbonyl (C=O) groups is 1. The van der Waals surface area contributed by atoms with Crippen LogP contribution in [0, 0.1) is 15.5 Å². The summed E-state index contributed by atoms with van der Waals surface area (Å²) >= 11 is 0. The molecule has 1 saturated heterocycles. The second-order valence-electron chi connectivity index (χ2n) is 6.04. The summed E-state index contributed by atoms with van der Waals surface area (Å²) in [7, 11) is 0. The molecule has 0 aliphatic carbocycles. The molecule has 1 aliphatic heterocycles. The summed E-state index contributed by atoms with van der Waals surface area (Å²) in [6.07, 6.45) is 1.44. The molecule has 0 saturated carbocycles. The highest BCUT2D eigenvalue weighted by molar-refractivity contribution is 5.76. The van der Waals surface area contributed by atoms with Crippen LogP contribution in [0.25, 0.3) is 0 Å². The van der Waals surface area contributed by atoms with Crippen LogP contribution >= 0.6 is 0 Å². The number of rotatable bonds is 5. The second kappa shape index (κ2) is 6.70. The Labute approximate surface area is 113 Å². The van der Waals surface area contributed by atoms with Crippen molar-refractivity contribution in [1.82, 2.24) is 9.80 Å². The van der Waals surface area contributed by atoms with Gasteiger partial charge in [-0.1, -0.05) is 20.8 Å². The molecule has 0 aromatic heterocycles. The standard InChI is InChI=1S/C12H23N3O4/c1-12(2,3)5-4-11(16)14-8-6-13(7-9-14)10-19-15(17)18/h4-10H2,1-3H3. The lowest BCUT2D eigenvalue weighted by molar-refractivity contribution is -0.762. The van der Waals surface area contributed by atoms with Gasteiger partial charge in [-0.2, -0.15) is 0 Å². The fraction of sp³-hybridized carbons (Fsp3) is 0.917. The molecule has 7 heteroatoms. The highest BCUT2D eigenvalue weighted by atomic mass is 17.0. The van der Waals surface area contributed by atoms with Crippen LogP contribution in [0.5, 0.6) is 0 Å². The summed E-state index contributed by atoms with van der Waals surface area (Å²) in [5.74, 6) is 0.171. The van der Waals surface area contributed by atoms with E-state index in [1.54, 1.807) is 0 Å². The smallest absolute Gasteiger partial charge is 0.295 e. The summed E-state index contributed by atoms with van der Waals surface area (Å²) in [6.45, 7) is 8.81. The Morgan fingerprint density at radius 2 is 1.84 bits per heavy atom. The molecule has 1 rings (SSSR count). The average molecular weight is 273 g/mol. The highest BCUT2D eigenvalue weighted by Gasteiger charge is 2.22. The quantitative estimate of drug-likeness (QED) is 0.554. The fourth-order valence-corrected chi connectivity index (χ4v) is 1.90. The largest absolute Gasteiger partial charge is 0.340 e. The van der Waals surface area contributed by atoms with Crippen LogP contribution < -0.4 is 0 Å². The van der Waals surface area contributed by atoms with Gasteiger partial charge >= 0.3 is 0 Å². The van der Waals surface area contributed by atoms with E-state index in [4.69, 9.17) is 0 Å². The Bertz CT molecular complexity index is 319. The van der Waals surface area contributed by atoms with Crippen LogP contribution in [0.3, 0.4) is 0 Å². The summed E-state index contributed by atoms with van der Waals surface area (Å²) in [4.78, 5) is 30.0. The van der Waals surface area contributed by atoms with Crippen molar-refractivity contribution in [1.29, 1.82) is 0 Å². The molecule has 0 aromatic carbocycles. The van der Waals surface area contributed by atoms with Crippen molar-refractivity contribution in [2.24, 2.45) is 5.41 Å². The van der Waals surface area contributed by atoms with E-state index in [1.165, 1.54) is 0 Å². The van der Waals surface area contributed by atoms with Gasteiger partial charge < -0.3 is 4.90 Å². The van der Waals surface area contributed by atoms with E-state index >= 15 is 0 Å². The normalized spacial score (nSPS) is 17.3. The monoisotopic (exact) mass is 273 g/mol. The van der Waals surface area contributed by atoms with Gasteiger partial charge in [-0.3, -0.25) is 14.5 Å². The van der Waals surface area contributed by atoms with E-state index in [0.717, 1.165) is 6.42 Å². The van der Waals surface area contributed by atoms with Gasteiger partial charge in [-0.15, -0.1) is 10.1 Å². The predicted octanol–water partition coefficient (Wildman–Crippen LogP) is 1.12. The number of nitrogens with zero attached hydrogens (tertiary/aromatic N) is 3. The van der Waals surface area contributed by atoms with E-state index in [2.05, 4.69) is 25.6 Å². The Balaban J connectivity index is 2.25. The Kier molecular flexibility index (Phi) is 5.53. The Morgan fingerprint density at radius 3 is 2.32 bits per heavy atom. The first-order valence-corrected chi connectivity index (χ1v) is 6.55. The zero-order valence-corrected chi connectivity index (χ0v) is 11.9. The summed E-state index contributed by atoms with van der Waals surface area (Å²) in [6, 6.07) is 0. The van der Waals surface area contributed by atoms with Crippen molar-refractivity contribution in [3.05, 3.63) is 10.1 Å². The molecule has 1 fully saturated rings. The van der Waals surface area contributed by atoms with Crippen molar-refractivity contribution in [2.45, 2.75) is 33.6 Å². The minimum absolute atomic E-state index is 0.0168. The number of piperazine rings is 1. The van der Waals surface area contributed by atoms with Crippen LogP contribution in [0.15, 0.2) is 0 Å². The Morgan fingerprint density at radius 1 is 1.26 bits per heavy atom. The molecule has 0 radical (unpaired) electrons. The van der Waals surface area contributed by atoms with Gasteiger partial charge in [-0.25, -0.2) is 0 Å². The first kappa shape index (κ1) is 15.7. The molecule has 1 heterocycles. The molecule has 0 atom stereocenters. The first-order chi connectivity index (χ1) is 8.78. The van der Waals surface area contributed by atoms with Gasteiger partial charge in [-0.05, 0) is 11.8 Å². The molecular weight excluding hydrogens is 250 g/mol. The van der Waals surface area contributed by atoms with Gasteiger partial charge in [0.25, 0.3) is 5.09 Å². The van der Waals surface area contributed by atoms with E-state index < -0.39 is 5.09 Å². The van der Waals surface area contributed by atoms with Gasteiger partial charge in [0.05, 0.1) is 0 Å². The lowest BCUT2D eigenvalue weighted by Gasteiger charge is -2.34. The van der Waals surface area contributed by atoms with Gasteiger partial charge in [0.1, 0.15) is 6.73 Å².